The second-order valence-corrected chi connectivity index (χ2v) is 3.13. The Balaban J connectivity index is 2.65. The van der Waals surface area contributed by atoms with Crippen LogP contribution in [-0.4, -0.2) is 30.2 Å². The molecule has 1 rings (SSSR count). The van der Waals surface area contributed by atoms with E-state index in [9.17, 15) is 4.79 Å². The first-order chi connectivity index (χ1) is 5.75. The SMILES string of the molecule is CN=C(C)N1CCCCCC1=O. The minimum atomic E-state index is 0.232. The highest BCUT2D eigenvalue weighted by Gasteiger charge is 2.17. The summed E-state index contributed by atoms with van der Waals surface area (Å²) in [4.78, 5) is 17.3. The van der Waals surface area contributed by atoms with Crippen molar-refractivity contribution in [1.82, 2.24) is 4.90 Å². The lowest BCUT2D eigenvalue weighted by atomic mass is 10.2. The first-order valence-electron chi connectivity index (χ1n) is 4.49. The molecular formula is C9H16N2O. The molecule has 1 aliphatic heterocycles. The molecule has 0 N–H and O–H groups in total. The third-order valence-corrected chi connectivity index (χ3v) is 2.29. The Hall–Kier alpha value is -0.860. The number of hydrogen-bond donors (Lipinski definition) is 0. The van der Waals surface area contributed by atoms with Gasteiger partial charge in [-0.1, -0.05) is 6.42 Å². The molecule has 0 aromatic carbocycles. The fourth-order valence-electron chi connectivity index (χ4n) is 1.45. The molecule has 3 heteroatoms. The summed E-state index contributed by atoms with van der Waals surface area (Å²) in [5.74, 6) is 1.08. The number of likely N-dealkylation sites (tertiary alicyclic amines) is 1. The van der Waals surface area contributed by atoms with Crippen molar-refractivity contribution in [3.8, 4) is 0 Å². The second kappa shape index (κ2) is 4.24. The second-order valence-electron chi connectivity index (χ2n) is 3.13. The van der Waals surface area contributed by atoms with Crippen LogP contribution in [0.25, 0.3) is 0 Å². The van der Waals surface area contributed by atoms with Gasteiger partial charge in [-0.3, -0.25) is 9.79 Å². The summed E-state index contributed by atoms with van der Waals surface area (Å²) in [6, 6.07) is 0. The average molecular weight is 168 g/mol. The molecule has 3 nitrogen and oxygen atoms in total. The minimum absolute atomic E-state index is 0.232. The molecule has 0 unspecified atom stereocenters. The predicted molar refractivity (Wildman–Crippen MR) is 49.2 cm³/mol. The minimum Gasteiger partial charge on any atom is -0.301 e. The lowest BCUT2D eigenvalue weighted by Gasteiger charge is -2.19. The zero-order chi connectivity index (χ0) is 8.97. The van der Waals surface area contributed by atoms with Gasteiger partial charge in [0.2, 0.25) is 5.91 Å². The van der Waals surface area contributed by atoms with E-state index in [-0.39, 0.29) is 5.91 Å². The average Bonchev–Trinajstić information content (AvgIpc) is 2.28. The van der Waals surface area contributed by atoms with E-state index in [0.717, 1.165) is 25.2 Å². The molecule has 0 radical (unpaired) electrons. The molecule has 68 valence electrons. The summed E-state index contributed by atoms with van der Waals surface area (Å²) < 4.78 is 0. The van der Waals surface area contributed by atoms with Gasteiger partial charge in [0.25, 0.3) is 0 Å². The van der Waals surface area contributed by atoms with E-state index >= 15 is 0 Å². The van der Waals surface area contributed by atoms with Gasteiger partial charge in [0, 0.05) is 20.0 Å². The molecule has 1 heterocycles. The van der Waals surface area contributed by atoms with Crippen LogP contribution in [-0.2, 0) is 4.79 Å². The van der Waals surface area contributed by atoms with Crippen LogP contribution in [0.4, 0.5) is 0 Å². The lowest BCUT2D eigenvalue weighted by Crippen LogP contribution is -2.34. The highest BCUT2D eigenvalue weighted by atomic mass is 16.2. The van der Waals surface area contributed by atoms with Crippen LogP contribution in [0.3, 0.4) is 0 Å². The van der Waals surface area contributed by atoms with Crippen molar-refractivity contribution < 1.29 is 4.79 Å². The molecule has 1 aliphatic rings. The van der Waals surface area contributed by atoms with Crippen molar-refractivity contribution >= 4 is 11.7 Å². The van der Waals surface area contributed by atoms with Gasteiger partial charge >= 0.3 is 0 Å². The fourth-order valence-corrected chi connectivity index (χ4v) is 1.45. The van der Waals surface area contributed by atoms with E-state index in [0.29, 0.717) is 6.42 Å². The quantitative estimate of drug-likeness (QED) is 0.398. The smallest absolute Gasteiger partial charge is 0.227 e. The number of carbonyl (C=O) groups is 1. The zero-order valence-electron chi connectivity index (χ0n) is 7.84. The number of aliphatic imine (C=N–C) groups is 1. The van der Waals surface area contributed by atoms with Crippen molar-refractivity contribution in [2.45, 2.75) is 32.6 Å². The standard InChI is InChI=1S/C9H16N2O/c1-8(10-2)11-7-5-3-4-6-9(11)12/h3-7H2,1-2H3. The molecule has 0 aliphatic carbocycles. The van der Waals surface area contributed by atoms with Crippen LogP contribution in [0.1, 0.15) is 32.6 Å². The van der Waals surface area contributed by atoms with Crippen molar-refractivity contribution in [3.05, 3.63) is 0 Å². The normalized spacial score (nSPS) is 21.0. The molecule has 0 bridgehead atoms. The van der Waals surface area contributed by atoms with E-state index in [4.69, 9.17) is 0 Å². The van der Waals surface area contributed by atoms with Gasteiger partial charge in [0.15, 0.2) is 0 Å². The zero-order valence-corrected chi connectivity index (χ0v) is 7.84. The molecule has 0 aromatic rings. The van der Waals surface area contributed by atoms with Gasteiger partial charge < -0.3 is 4.90 Å². The van der Waals surface area contributed by atoms with Crippen LogP contribution >= 0.6 is 0 Å². The maximum absolute atomic E-state index is 11.5. The van der Waals surface area contributed by atoms with Crippen molar-refractivity contribution in [2.24, 2.45) is 4.99 Å². The Kier molecular flexibility index (Phi) is 3.26. The number of rotatable bonds is 0. The first kappa shape index (κ1) is 9.23. The van der Waals surface area contributed by atoms with Crippen LogP contribution in [0.2, 0.25) is 0 Å². The summed E-state index contributed by atoms with van der Waals surface area (Å²) in [6.07, 6.45) is 4.00. The molecule has 0 atom stereocenters. The Labute approximate surface area is 73.5 Å². The molecule has 0 spiro atoms. The fraction of sp³-hybridized carbons (Fsp3) is 0.778. The van der Waals surface area contributed by atoms with Crippen molar-refractivity contribution in [1.29, 1.82) is 0 Å². The molecule has 0 saturated carbocycles. The summed E-state index contributed by atoms with van der Waals surface area (Å²) in [5, 5.41) is 0. The van der Waals surface area contributed by atoms with Crippen LogP contribution in [0.15, 0.2) is 4.99 Å². The molecular weight excluding hydrogens is 152 g/mol. The van der Waals surface area contributed by atoms with Crippen molar-refractivity contribution in [2.75, 3.05) is 13.6 Å². The Morgan fingerprint density at radius 2 is 2.17 bits per heavy atom. The monoisotopic (exact) mass is 168 g/mol. The van der Waals surface area contributed by atoms with E-state index in [2.05, 4.69) is 4.99 Å². The predicted octanol–water partition coefficient (Wildman–Crippen LogP) is 1.44. The molecule has 1 amide bonds. The molecule has 12 heavy (non-hydrogen) atoms. The highest BCUT2D eigenvalue weighted by Crippen LogP contribution is 2.11. The molecule has 0 aromatic heterocycles. The molecule has 1 fully saturated rings. The van der Waals surface area contributed by atoms with Gasteiger partial charge in [0.05, 0.1) is 0 Å². The number of carbonyl (C=O) groups excluding carboxylic acids is 1. The number of hydrogen-bond acceptors (Lipinski definition) is 2. The number of amidine groups is 1. The van der Waals surface area contributed by atoms with Crippen LogP contribution in [0, 0.1) is 0 Å². The van der Waals surface area contributed by atoms with E-state index in [1.165, 1.54) is 6.42 Å². The third-order valence-electron chi connectivity index (χ3n) is 2.29. The Bertz CT molecular complexity index is 199. The van der Waals surface area contributed by atoms with E-state index < -0.39 is 0 Å². The van der Waals surface area contributed by atoms with E-state index in [1.807, 2.05) is 6.92 Å². The third kappa shape index (κ3) is 2.06. The maximum atomic E-state index is 11.5. The summed E-state index contributed by atoms with van der Waals surface area (Å²) in [5.41, 5.74) is 0. The largest absolute Gasteiger partial charge is 0.301 e. The van der Waals surface area contributed by atoms with Gasteiger partial charge in [-0.15, -0.1) is 0 Å². The number of nitrogens with zero attached hydrogens (tertiary/aromatic N) is 2. The Morgan fingerprint density at radius 3 is 2.83 bits per heavy atom. The van der Waals surface area contributed by atoms with Crippen LogP contribution in [0.5, 0.6) is 0 Å². The van der Waals surface area contributed by atoms with Gasteiger partial charge in [-0.2, -0.15) is 0 Å². The number of amides is 1. The van der Waals surface area contributed by atoms with Gasteiger partial charge in [0.1, 0.15) is 5.84 Å². The maximum Gasteiger partial charge on any atom is 0.227 e. The van der Waals surface area contributed by atoms with Gasteiger partial charge in [-0.05, 0) is 19.8 Å². The Morgan fingerprint density at radius 1 is 1.42 bits per heavy atom. The highest BCUT2D eigenvalue weighted by molar-refractivity contribution is 5.97. The summed E-state index contributed by atoms with van der Waals surface area (Å²) >= 11 is 0. The summed E-state index contributed by atoms with van der Waals surface area (Å²) in [7, 11) is 1.73. The lowest BCUT2D eigenvalue weighted by molar-refractivity contribution is -0.126. The van der Waals surface area contributed by atoms with Crippen LogP contribution < -0.4 is 0 Å². The van der Waals surface area contributed by atoms with E-state index in [1.54, 1.807) is 11.9 Å². The first-order valence-corrected chi connectivity index (χ1v) is 4.49. The summed E-state index contributed by atoms with van der Waals surface area (Å²) in [6.45, 7) is 2.74. The molecule has 1 saturated heterocycles. The van der Waals surface area contributed by atoms with Crippen molar-refractivity contribution in [3.63, 3.8) is 0 Å². The topological polar surface area (TPSA) is 32.7 Å². The van der Waals surface area contributed by atoms with Gasteiger partial charge in [-0.25, -0.2) is 0 Å².